The molecule has 2 aromatic carbocycles. The zero-order chi connectivity index (χ0) is 21.7. The molecular formula is C20H20F6O3. The predicted molar refractivity (Wildman–Crippen MR) is 93.2 cm³/mol. The van der Waals surface area contributed by atoms with Crippen LogP contribution < -0.4 is 4.74 Å². The van der Waals surface area contributed by atoms with Gasteiger partial charge in [0, 0.05) is 18.8 Å². The number of alkyl halides is 6. The van der Waals surface area contributed by atoms with E-state index in [2.05, 4.69) is 0 Å². The number of hydrogen-bond donors (Lipinski definition) is 0. The van der Waals surface area contributed by atoms with Gasteiger partial charge in [-0.15, -0.1) is 0 Å². The maximum Gasteiger partial charge on any atom is 0.416 e. The van der Waals surface area contributed by atoms with Crippen molar-refractivity contribution in [1.82, 2.24) is 0 Å². The average molecular weight is 422 g/mol. The third-order valence-corrected chi connectivity index (χ3v) is 3.83. The van der Waals surface area contributed by atoms with Crippen LogP contribution in [0.4, 0.5) is 26.3 Å². The Morgan fingerprint density at radius 1 is 0.793 bits per heavy atom. The van der Waals surface area contributed by atoms with Gasteiger partial charge in [0.25, 0.3) is 0 Å². The Hall–Kier alpha value is -2.26. The van der Waals surface area contributed by atoms with Crippen LogP contribution in [0.1, 0.15) is 42.4 Å². The Morgan fingerprint density at radius 2 is 1.34 bits per heavy atom. The van der Waals surface area contributed by atoms with Crippen LogP contribution in [0.5, 0.6) is 5.75 Å². The minimum atomic E-state index is -4.93. The summed E-state index contributed by atoms with van der Waals surface area (Å²) < 4.78 is 93.8. The molecule has 0 unspecified atom stereocenters. The van der Waals surface area contributed by atoms with Crippen molar-refractivity contribution in [3.05, 3.63) is 64.7 Å². The van der Waals surface area contributed by atoms with E-state index in [-0.39, 0.29) is 12.7 Å². The molecule has 0 N–H and O–H groups in total. The molecular weight excluding hydrogens is 402 g/mol. The summed E-state index contributed by atoms with van der Waals surface area (Å²) in [5, 5.41) is 0. The van der Waals surface area contributed by atoms with Gasteiger partial charge < -0.3 is 14.2 Å². The molecule has 0 atom stereocenters. The molecule has 0 amide bonds. The smallest absolute Gasteiger partial charge is 0.416 e. The molecule has 29 heavy (non-hydrogen) atoms. The zero-order valence-corrected chi connectivity index (χ0v) is 15.7. The van der Waals surface area contributed by atoms with Crippen LogP contribution in [0, 0.1) is 0 Å². The van der Waals surface area contributed by atoms with Gasteiger partial charge in [-0.05, 0) is 43.7 Å². The highest BCUT2D eigenvalue weighted by atomic mass is 19.4. The van der Waals surface area contributed by atoms with Crippen LogP contribution in [0.3, 0.4) is 0 Å². The standard InChI is InChI=1S/C20H20F6O3/c1-3-27-18(28-4-2)14-7-5-6-13(8-14)12-29-17-10-15(19(21,22)23)9-16(11-17)20(24,25)26/h5-11,18H,3-4,12H2,1-2H3. The van der Waals surface area contributed by atoms with E-state index in [0.29, 0.717) is 36.5 Å². The molecule has 0 radical (unpaired) electrons. The molecule has 0 heterocycles. The average Bonchev–Trinajstić information content (AvgIpc) is 2.65. The van der Waals surface area contributed by atoms with Crippen LogP contribution >= 0.6 is 0 Å². The summed E-state index contributed by atoms with van der Waals surface area (Å²) in [5.41, 5.74) is -1.65. The van der Waals surface area contributed by atoms with Crippen molar-refractivity contribution in [2.75, 3.05) is 13.2 Å². The van der Waals surface area contributed by atoms with Crippen molar-refractivity contribution in [2.24, 2.45) is 0 Å². The number of halogens is 6. The minimum Gasteiger partial charge on any atom is -0.489 e. The van der Waals surface area contributed by atoms with Crippen molar-refractivity contribution < 1.29 is 40.6 Å². The van der Waals surface area contributed by atoms with Crippen LogP contribution in [0.15, 0.2) is 42.5 Å². The molecule has 2 rings (SSSR count). The summed E-state index contributed by atoms with van der Waals surface area (Å²) in [5.74, 6) is -0.524. The van der Waals surface area contributed by atoms with E-state index in [0.717, 1.165) is 0 Å². The largest absolute Gasteiger partial charge is 0.489 e. The highest BCUT2D eigenvalue weighted by Crippen LogP contribution is 2.38. The van der Waals surface area contributed by atoms with E-state index in [1.807, 2.05) is 0 Å². The van der Waals surface area contributed by atoms with Gasteiger partial charge >= 0.3 is 12.4 Å². The monoisotopic (exact) mass is 422 g/mol. The van der Waals surface area contributed by atoms with Crippen molar-refractivity contribution >= 4 is 0 Å². The van der Waals surface area contributed by atoms with Gasteiger partial charge in [0.15, 0.2) is 6.29 Å². The fourth-order valence-electron chi connectivity index (χ4n) is 2.55. The fraction of sp³-hybridized carbons (Fsp3) is 0.400. The number of benzene rings is 2. The third-order valence-electron chi connectivity index (χ3n) is 3.83. The van der Waals surface area contributed by atoms with E-state index in [1.165, 1.54) is 0 Å². The maximum atomic E-state index is 12.9. The van der Waals surface area contributed by atoms with Gasteiger partial charge in [-0.2, -0.15) is 26.3 Å². The molecule has 0 aliphatic carbocycles. The van der Waals surface area contributed by atoms with Crippen molar-refractivity contribution in [2.45, 2.75) is 39.1 Å². The van der Waals surface area contributed by atoms with Crippen LogP contribution in [0.25, 0.3) is 0 Å². The lowest BCUT2D eigenvalue weighted by molar-refractivity contribution is -0.143. The second-order valence-corrected chi connectivity index (χ2v) is 6.02. The minimum absolute atomic E-state index is 0.0578. The quantitative estimate of drug-likeness (QED) is 0.365. The molecule has 0 spiro atoms. The molecule has 160 valence electrons. The van der Waals surface area contributed by atoms with Gasteiger partial charge in [0.2, 0.25) is 0 Å². The highest BCUT2D eigenvalue weighted by molar-refractivity contribution is 5.37. The second kappa shape index (κ2) is 9.49. The summed E-state index contributed by atoms with van der Waals surface area (Å²) >= 11 is 0. The summed E-state index contributed by atoms with van der Waals surface area (Å²) in [4.78, 5) is 0. The molecule has 3 nitrogen and oxygen atoms in total. The van der Waals surface area contributed by atoms with Gasteiger partial charge in [-0.3, -0.25) is 0 Å². The van der Waals surface area contributed by atoms with Crippen LogP contribution in [0.2, 0.25) is 0 Å². The number of ether oxygens (including phenoxy) is 3. The van der Waals surface area contributed by atoms with E-state index in [4.69, 9.17) is 14.2 Å². The zero-order valence-electron chi connectivity index (χ0n) is 15.7. The van der Waals surface area contributed by atoms with Crippen molar-refractivity contribution in [3.63, 3.8) is 0 Å². The summed E-state index contributed by atoms with van der Waals surface area (Å²) in [7, 11) is 0. The molecule has 0 aliphatic heterocycles. The SMILES string of the molecule is CCOC(OCC)c1cccc(COc2cc(C(F)(F)F)cc(C(F)(F)F)c2)c1. The van der Waals surface area contributed by atoms with Gasteiger partial charge in [0.1, 0.15) is 12.4 Å². The van der Waals surface area contributed by atoms with E-state index in [1.54, 1.807) is 38.1 Å². The first-order valence-electron chi connectivity index (χ1n) is 8.79. The van der Waals surface area contributed by atoms with Crippen molar-refractivity contribution in [1.29, 1.82) is 0 Å². The lowest BCUT2D eigenvalue weighted by Crippen LogP contribution is -2.11. The summed E-state index contributed by atoms with van der Waals surface area (Å²) in [6, 6.07) is 7.86. The molecule has 0 aromatic heterocycles. The van der Waals surface area contributed by atoms with E-state index < -0.39 is 35.5 Å². The van der Waals surface area contributed by atoms with Crippen LogP contribution in [-0.4, -0.2) is 13.2 Å². The van der Waals surface area contributed by atoms with Gasteiger partial charge in [-0.1, -0.05) is 18.2 Å². The maximum absolute atomic E-state index is 12.9. The van der Waals surface area contributed by atoms with Gasteiger partial charge in [0.05, 0.1) is 11.1 Å². The first kappa shape index (κ1) is 23.0. The Bertz CT molecular complexity index is 763. The van der Waals surface area contributed by atoms with E-state index in [9.17, 15) is 26.3 Å². The lowest BCUT2D eigenvalue weighted by Gasteiger charge is -2.18. The Morgan fingerprint density at radius 3 is 1.83 bits per heavy atom. The first-order chi connectivity index (χ1) is 13.5. The third kappa shape index (κ3) is 6.64. The highest BCUT2D eigenvalue weighted by Gasteiger charge is 2.37. The topological polar surface area (TPSA) is 27.7 Å². The summed E-state index contributed by atoms with van der Waals surface area (Å²) in [6.45, 7) is 4.17. The molecule has 0 saturated heterocycles. The Kier molecular flexibility index (Phi) is 7.54. The van der Waals surface area contributed by atoms with Gasteiger partial charge in [-0.25, -0.2) is 0 Å². The molecule has 9 heteroatoms. The fourth-order valence-corrected chi connectivity index (χ4v) is 2.55. The Labute approximate surface area is 164 Å². The molecule has 0 fully saturated rings. The first-order valence-corrected chi connectivity index (χ1v) is 8.79. The molecule has 0 bridgehead atoms. The molecule has 2 aromatic rings. The van der Waals surface area contributed by atoms with E-state index >= 15 is 0 Å². The normalized spacial score (nSPS) is 12.4. The molecule has 0 saturated carbocycles. The lowest BCUT2D eigenvalue weighted by atomic mass is 10.1. The summed E-state index contributed by atoms with van der Waals surface area (Å²) in [6.07, 6.45) is -10.5. The Balaban J connectivity index is 2.24. The number of hydrogen-bond acceptors (Lipinski definition) is 3. The predicted octanol–water partition coefficient (Wildman–Crippen LogP) is 6.37. The second-order valence-electron chi connectivity index (χ2n) is 6.02. The van der Waals surface area contributed by atoms with Crippen molar-refractivity contribution in [3.8, 4) is 5.75 Å². The van der Waals surface area contributed by atoms with Crippen LogP contribution in [-0.2, 0) is 28.4 Å². The number of rotatable bonds is 8. The molecule has 0 aliphatic rings.